The van der Waals surface area contributed by atoms with Gasteiger partial charge in [-0.2, -0.15) is 5.10 Å². The maximum absolute atomic E-state index is 10.9. The number of anilines is 2. The maximum Gasteiger partial charge on any atom is 0.311 e. The first-order chi connectivity index (χ1) is 8.06. The summed E-state index contributed by atoms with van der Waals surface area (Å²) in [6.07, 6.45) is 4.86. The quantitative estimate of drug-likeness (QED) is 0.645. The van der Waals surface area contributed by atoms with Gasteiger partial charge in [0.05, 0.1) is 16.8 Å². The Morgan fingerprint density at radius 3 is 2.82 bits per heavy atom. The van der Waals surface area contributed by atoms with E-state index in [9.17, 15) is 10.1 Å². The van der Waals surface area contributed by atoms with Crippen molar-refractivity contribution in [3.8, 4) is 0 Å². The summed E-state index contributed by atoms with van der Waals surface area (Å²) >= 11 is 0. The van der Waals surface area contributed by atoms with Gasteiger partial charge in [-0.1, -0.05) is 0 Å². The zero-order valence-corrected chi connectivity index (χ0v) is 9.41. The molecule has 0 aliphatic rings. The van der Waals surface area contributed by atoms with Crippen molar-refractivity contribution in [2.75, 3.05) is 5.32 Å². The SMILES string of the molecule is Cc1cnc(Nc2cnn(C)c2)c([N+](=O)[O-])c1. The number of nitrogens with one attached hydrogen (secondary N) is 1. The van der Waals surface area contributed by atoms with Crippen LogP contribution in [-0.2, 0) is 7.05 Å². The highest BCUT2D eigenvalue weighted by Gasteiger charge is 2.15. The Hall–Kier alpha value is -2.44. The second-order valence-corrected chi connectivity index (χ2v) is 3.67. The van der Waals surface area contributed by atoms with Crippen molar-refractivity contribution in [3.05, 3.63) is 40.3 Å². The summed E-state index contributed by atoms with van der Waals surface area (Å²) in [5.74, 6) is 0.216. The Kier molecular flexibility index (Phi) is 2.73. The fraction of sp³-hybridized carbons (Fsp3) is 0.200. The number of hydrogen-bond donors (Lipinski definition) is 1. The van der Waals surface area contributed by atoms with Gasteiger partial charge in [-0.3, -0.25) is 14.8 Å². The van der Waals surface area contributed by atoms with E-state index in [0.29, 0.717) is 5.69 Å². The van der Waals surface area contributed by atoms with E-state index in [4.69, 9.17) is 0 Å². The summed E-state index contributed by atoms with van der Waals surface area (Å²) in [7, 11) is 1.77. The summed E-state index contributed by atoms with van der Waals surface area (Å²) < 4.78 is 1.60. The molecule has 2 rings (SSSR count). The highest BCUT2D eigenvalue weighted by atomic mass is 16.6. The van der Waals surface area contributed by atoms with Crippen LogP contribution in [-0.4, -0.2) is 19.7 Å². The molecule has 7 heteroatoms. The van der Waals surface area contributed by atoms with Gasteiger partial charge in [0, 0.05) is 25.5 Å². The molecule has 0 amide bonds. The summed E-state index contributed by atoms with van der Waals surface area (Å²) in [4.78, 5) is 14.4. The van der Waals surface area contributed by atoms with E-state index in [-0.39, 0.29) is 11.5 Å². The average molecular weight is 233 g/mol. The van der Waals surface area contributed by atoms with Gasteiger partial charge in [0.1, 0.15) is 0 Å². The zero-order valence-electron chi connectivity index (χ0n) is 9.41. The Morgan fingerprint density at radius 2 is 2.24 bits per heavy atom. The molecular formula is C10H11N5O2. The van der Waals surface area contributed by atoms with Crippen LogP contribution >= 0.6 is 0 Å². The third-order valence-electron chi connectivity index (χ3n) is 2.17. The summed E-state index contributed by atoms with van der Waals surface area (Å²) in [6, 6.07) is 1.48. The van der Waals surface area contributed by atoms with E-state index in [1.807, 2.05) is 0 Å². The van der Waals surface area contributed by atoms with Crippen LogP contribution in [0.3, 0.4) is 0 Å². The van der Waals surface area contributed by atoms with Gasteiger partial charge in [0.15, 0.2) is 0 Å². The molecule has 2 aromatic heterocycles. The number of hydrogen-bond acceptors (Lipinski definition) is 5. The van der Waals surface area contributed by atoms with Crippen LogP contribution < -0.4 is 5.32 Å². The number of aromatic nitrogens is 3. The molecule has 0 unspecified atom stereocenters. The zero-order chi connectivity index (χ0) is 12.4. The molecule has 0 atom stereocenters. The van der Waals surface area contributed by atoms with Gasteiger partial charge in [-0.25, -0.2) is 4.98 Å². The average Bonchev–Trinajstić information content (AvgIpc) is 2.66. The molecule has 0 spiro atoms. The van der Waals surface area contributed by atoms with Gasteiger partial charge in [0.2, 0.25) is 5.82 Å². The molecule has 0 bridgehead atoms. The highest BCUT2D eigenvalue weighted by molar-refractivity contribution is 5.64. The van der Waals surface area contributed by atoms with E-state index in [2.05, 4.69) is 15.4 Å². The number of nitro groups is 1. The van der Waals surface area contributed by atoms with Crippen LogP contribution in [0.25, 0.3) is 0 Å². The fourth-order valence-electron chi connectivity index (χ4n) is 1.41. The summed E-state index contributed by atoms with van der Waals surface area (Å²) in [6.45, 7) is 1.76. The topological polar surface area (TPSA) is 85.9 Å². The third-order valence-corrected chi connectivity index (χ3v) is 2.17. The van der Waals surface area contributed by atoms with Crippen LogP contribution in [0, 0.1) is 17.0 Å². The third kappa shape index (κ3) is 2.39. The van der Waals surface area contributed by atoms with Crippen molar-refractivity contribution in [1.29, 1.82) is 0 Å². The second-order valence-electron chi connectivity index (χ2n) is 3.67. The van der Waals surface area contributed by atoms with Crippen molar-refractivity contribution in [1.82, 2.24) is 14.8 Å². The van der Waals surface area contributed by atoms with Gasteiger partial charge < -0.3 is 5.32 Å². The molecule has 0 saturated heterocycles. The number of pyridine rings is 1. The number of nitrogens with zero attached hydrogens (tertiary/aromatic N) is 4. The molecular weight excluding hydrogens is 222 g/mol. The fourth-order valence-corrected chi connectivity index (χ4v) is 1.41. The standard InChI is InChI=1S/C10H11N5O2/c1-7-3-9(15(16)17)10(11-4-7)13-8-5-12-14(2)6-8/h3-6H,1-2H3,(H,11,13). The molecule has 0 aliphatic carbocycles. The van der Waals surface area contributed by atoms with E-state index < -0.39 is 4.92 Å². The molecule has 17 heavy (non-hydrogen) atoms. The molecule has 2 aromatic rings. The minimum absolute atomic E-state index is 0.0474. The van der Waals surface area contributed by atoms with Crippen LogP contribution in [0.2, 0.25) is 0 Å². The van der Waals surface area contributed by atoms with Gasteiger partial charge >= 0.3 is 5.69 Å². The van der Waals surface area contributed by atoms with Gasteiger partial charge in [-0.15, -0.1) is 0 Å². The lowest BCUT2D eigenvalue weighted by Gasteiger charge is -2.03. The first kappa shape index (κ1) is 11.1. The van der Waals surface area contributed by atoms with Crippen molar-refractivity contribution in [2.24, 2.45) is 7.05 Å². The molecule has 0 aromatic carbocycles. The molecule has 7 nitrogen and oxygen atoms in total. The minimum atomic E-state index is -0.460. The van der Waals surface area contributed by atoms with Crippen LogP contribution in [0.15, 0.2) is 24.7 Å². The Labute approximate surface area is 97.2 Å². The molecule has 88 valence electrons. The van der Waals surface area contributed by atoms with Crippen molar-refractivity contribution >= 4 is 17.2 Å². The molecule has 0 fully saturated rings. The first-order valence-electron chi connectivity index (χ1n) is 4.93. The Bertz CT molecular complexity index is 564. The maximum atomic E-state index is 10.9. The monoisotopic (exact) mass is 233 g/mol. The van der Waals surface area contributed by atoms with Crippen molar-refractivity contribution in [2.45, 2.75) is 6.92 Å². The van der Waals surface area contributed by atoms with E-state index in [0.717, 1.165) is 5.56 Å². The number of aryl methyl sites for hydroxylation is 2. The predicted octanol–water partition coefficient (Wildman–Crippen LogP) is 1.78. The molecule has 0 saturated carbocycles. The van der Waals surface area contributed by atoms with E-state index in [1.54, 1.807) is 37.2 Å². The largest absolute Gasteiger partial charge is 0.332 e. The lowest BCUT2D eigenvalue weighted by atomic mass is 10.3. The Morgan fingerprint density at radius 1 is 1.47 bits per heavy atom. The summed E-state index contributed by atoms with van der Waals surface area (Å²) in [5.41, 5.74) is 1.36. The molecule has 1 N–H and O–H groups in total. The smallest absolute Gasteiger partial charge is 0.311 e. The van der Waals surface area contributed by atoms with E-state index in [1.165, 1.54) is 6.07 Å². The molecule has 0 radical (unpaired) electrons. The van der Waals surface area contributed by atoms with Crippen LogP contribution in [0.5, 0.6) is 0 Å². The van der Waals surface area contributed by atoms with Gasteiger partial charge in [-0.05, 0) is 12.5 Å². The highest BCUT2D eigenvalue weighted by Crippen LogP contribution is 2.25. The minimum Gasteiger partial charge on any atom is -0.332 e. The lowest BCUT2D eigenvalue weighted by molar-refractivity contribution is -0.384. The summed E-state index contributed by atoms with van der Waals surface area (Å²) in [5, 5.41) is 17.7. The van der Waals surface area contributed by atoms with Crippen molar-refractivity contribution in [3.63, 3.8) is 0 Å². The van der Waals surface area contributed by atoms with Crippen molar-refractivity contribution < 1.29 is 4.92 Å². The van der Waals surface area contributed by atoms with Crippen LogP contribution in [0.1, 0.15) is 5.56 Å². The van der Waals surface area contributed by atoms with Crippen LogP contribution in [0.4, 0.5) is 17.2 Å². The van der Waals surface area contributed by atoms with E-state index >= 15 is 0 Å². The van der Waals surface area contributed by atoms with Gasteiger partial charge in [0.25, 0.3) is 0 Å². The predicted molar refractivity (Wildman–Crippen MR) is 62.1 cm³/mol. The lowest BCUT2D eigenvalue weighted by Crippen LogP contribution is -1.99. The molecule has 2 heterocycles. The Balaban J connectivity index is 2.35. The number of rotatable bonds is 3. The molecule has 0 aliphatic heterocycles. The second kappa shape index (κ2) is 4.20. The first-order valence-corrected chi connectivity index (χ1v) is 4.93. The normalized spacial score (nSPS) is 10.2.